The molecule has 1 rings (SSSR count). The first-order valence-corrected chi connectivity index (χ1v) is 5.46. The van der Waals surface area contributed by atoms with Crippen LogP contribution in [0.15, 0.2) is 17.3 Å². The highest BCUT2D eigenvalue weighted by molar-refractivity contribution is 5.80. The average molecular weight is 225 g/mol. The summed E-state index contributed by atoms with van der Waals surface area (Å²) in [6, 6.07) is -0.707. The van der Waals surface area contributed by atoms with Crippen molar-refractivity contribution < 1.29 is 9.90 Å². The van der Waals surface area contributed by atoms with E-state index in [1.165, 1.54) is 6.21 Å². The number of rotatable bonds is 3. The number of nitrogens with one attached hydrogen (secondary N) is 1. The first-order chi connectivity index (χ1) is 7.50. The van der Waals surface area contributed by atoms with Crippen LogP contribution in [0.5, 0.6) is 0 Å². The van der Waals surface area contributed by atoms with Crippen molar-refractivity contribution in [2.75, 3.05) is 0 Å². The van der Waals surface area contributed by atoms with Crippen LogP contribution in [0.25, 0.3) is 0 Å². The number of carbonyl (C=O) groups is 1. The number of hydrazone groups is 1. The van der Waals surface area contributed by atoms with E-state index in [-0.39, 0.29) is 12.0 Å². The van der Waals surface area contributed by atoms with Gasteiger partial charge in [-0.1, -0.05) is 13.5 Å². The molecule has 0 heterocycles. The molecule has 0 aromatic carbocycles. The van der Waals surface area contributed by atoms with Crippen LogP contribution < -0.4 is 11.2 Å². The second kappa shape index (κ2) is 5.65. The summed E-state index contributed by atoms with van der Waals surface area (Å²) in [5.41, 5.74) is 7.69. The van der Waals surface area contributed by atoms with E-state index < -0.39 is 6.03 Å². The van der Waals surface area contributed by atoms with E-state index in [2.05, 4.69) is 24.0 Å². The lowest BCUT2D eigenvalue weighted by Crippen LogP contribution is -2.30. The second-order valence-corrected chi connectivity index (χ2v) is 4.40. The first-order valence-electron chi connectivity index (χ1n) is 5.46. The van der Waals surface area contributed by atoms with Gasteiger partial charge >= 0.3 is 6.03 Å². The Bertz CT molecular complexity index is 302. The Balaban J connectivity index is 2.47. The standard InChI is InChI=1S/C11H19N3O2/c1-7-3-4-9(10(15)5-7)8(2)6-13-14-11(12)16/h6-7,9-10,15H,2-5H2,1H3,(H3,12,14,16)/b13-6+. The fraction of sp³-hybridized carbons (Fsp3) is 0.636. The van der Waals surface area contributed by atoms with Gasteiger partial charge in [-0.2, -0.15) is 5.10 Å². The van der Waals surface area contributed by atoms with E-state index in [1.807, 2.05) is 0 Å². The van der Waals surface area contributed by atoms with Gasteiger partial charge in [0.15, 0.2) is 0 Å². The third-order valence-corrected chi connectivity index (χ3v) is 2.96. The third kappa shape index (κ3) is 3.66. The second-order valence-electron chi connectivity index (χ2n) is 4.40. The first kappa shape index (κ1) is 12.7. The number of urea groups is 1. The minimum Gasteiger partial charge on any atom is -0.392 e. The van der Waals surface area contributed by atoms with Crippen molar-refractivity contribution in [2.45, 2.75) is 32.3 Å². The summed E-state index contributed by atoms with van der Waals surface area (Å²) in [4.78, 5) is 10.4. The van der Waals surface area contributed by atoms with E-state index in [0.717, 1.165) is 24.8 Å². The zero-order chi connectivity index (χ0) is 12.1. The van der Waals surface area contributed by atoms with Gasteiger partial charge in [0.25, 0.3) is 0 Å². The number of nitrogens with zero attached hydrogens (tertiary/aromatic N) is 1. The van der Waals surface area contributed by atoms with Crippen molar-refractivity contribution in [1.29, 1.82) is 0 Å². The molecule has 0 saturated heterocycles. The highest BCUT2D eigenvalue weighted by Crippen LogP contribution is 2.32. The van der Waals surface area contributed by atoms with Crippen molar-refractivity contribution in [3.05, 3.63) is 12.2 Å². The van der Waals surface area contributed by atoms with E-state index in [9.17, 15) is 9.90 Å². The molecule has 3 unspecified atom stereocenters. The van der Waals surface area contributed by atoms with Crippen molar-refractivity contribution >= 4 is 12.2 Å². The Morgan fingerprint density at radius 1 is 1.62 bits per heavy atom. The van der Waals surface area contributed by atoms with Crippen molar-refractivity contribution in [1.82, 2.24) is 5.43 Å². The molecule has 5 heteroatoms. The molecule has 16 heavy (non-hydrogen) atoms. The van der Waals surface area contributed by atoms with Gasteiger partial charge in [0.2, 0.25) is 0 Å². The predicted octanol–water partition coefficient (Wildman–Crippen LogP) is 0.994. The molecule has 0 aromatic heterocycles. The van der Waals surface area contributed by atoms with Gasteiger partial charge in [-0.05, 0) is 30.8 Å². The van der Waals surface area contributed by atoms with Crippen LogP contribution in [0, 0.1) is 11.8 Å². The van der Waals surface area contributed by atoms with Crippen LogP contribution in [0.1, 0.15) is 26.2 Å². The molecule has 1 fully saturated rings. The monoisotopic (exact) mass is 225 g/mol. The molecule has 0 spiro atoms. The summed E-state index contributed by atoms with van der Waals surface area (Å²) in [5, 5.41) is 13.5. The fourth-order valence-corrected chi connectivity index (χ4v) is 2.06. The number of hydrogen-bond donors (Lipinski definition) is 3. The van der Waals surface area contributed by atoms with E-state index >= 15 is 0 Å². The molecule has 0 bridgehead atoms. The topological polar surface area (TPSA) is 87.7 Å². The molecule has 2 amide bonds. The van der Waals surface area contributed by atoms with Crippen molar-refractivity contribution in [2.24, 2.45) is 22.7 Å². The Labute approximate surface area is 95.4 Å². The largest absolute Gasteiger partial charge is 0.392 e. The van der Waals surface area contributed by atoms with Gasteiger partial charge in [0.1, 0.15) is 0 Å². The molecule has 90 valence electrons. The van der Waals surface area contributed by atoms with E-state index in [1.54, 1.807) is 0 Å². The third-order valence-electron chi connectivity index (χ3n) is 2.96. The fourth-order valence-electron chi connectivity index (χ4n) is 2.06. The van der Waals surface area contributed by atoms with Crippen LogP contribution in [0.3, 0.4) is 0 Å². The lowest BCUT2D eigenvalue weighted by Gasteiger charge is -2.31. The maximum atomic E-state index is 10.4. The number of aliphatic hydroxyl groups is 1. The highest BCUT2D eigenvalue weighted by Gasteiger charge is 2.28. The predicted molar refractivity (Wildman–Crippen MR) is 62.9 cm³/mol. The Kier molecular flexibility index (Phi) is 4.49. The summed E-state index contributed by atoms with van der Waals surface area (Å²) in [6.45, 7) is 5.98. The summed E-state index contributed by atoms with van der Waals surface area (Å²) >= 11 is 0. The molecule has 0 radical (unpaired) electrons. The number of nitrogens with two attached hydrogens (primary N) is 1. The quantitative estimate of drug-likeness (QED) is 0.494. The molecule has 3 atom stereocenters. The van der Waals surface area contributed by atoms with Crippen LogP contribution in [-0.4, -0.2) is 23.5 Å². The number of aliphatic hydroxyl groups excluding tert-OH is 1. The molecular weight excluding hydrogens is 206 g/mol. The average Bonchev–Trinajstić information content (AvgIpc) is 2.16. The minimum atomic E-state index is -0.707. The maximum absolute atomic E-state index is 10.4. The summed E-state index contributed by atoms with van der Waals surface area (Å²) in [6.07, 6.45) is 3.87. The van der Waals surface area contributed by atoms with Crippen molar-refractivity contribution in [3.8, 4) is 0 Å². The molecule has 5 nitrogen and oxygen atoms in total. The molecular formula is C11H19N3O2. The zero-order valence-corrected chi connectivity index (χ0v) is 9.52. The Morgan fingerprint density at radius 2 is 2.31 bits per heavy atom. The zero-order valence-electron chi connectivity index (χ0n) is 9.52. The number of hydrogen-bond acceptors (Lipinski definition) is 3. The van der Waals surface area contributed by atoms with E-state index in [4.69, 9.17) is 5.73 Å². The van der Waals surface area contributed by atoms with Gasteiger partial charge < -0.3 is 10.8 Å². The van der Waals surface area contributed by atoms with Gasteiger partial charge in [0.05, 0.1) is 12.3 Å². The number of amides is 2. The van der Waals surface area contributed by atoms with Gasteiger partial charge in [-0.3, -0.25) is 0 Å². The summed E-state index contributed by atoms with van der Waals surface area (Å²) in [5.74, 6) is 0.592. The molecule has 1 aliphatic carbocycles. The lowest BCUT2D eigenvalue weighted by molar-refractivity contribution is 0.0682. The van der Waals surface area contributed by atoms with Crippen LogP contribution >= 0.6 is 0 Å². The van der Waals surface area contributed by atoms with Gasteiger partial charge in [0, 0.05) is 5.92 Å². The van der Waals surface area contributed by atoms with Crippen LogP contribution in [0.2, 0.25) is 0 Å². The normalized spacial score (nSPS) is 30.2. The maximum Gasteiger partial charge on any atom is 0.332 e. The van der Waals surface area contributed by atoms with Crippen molar-refractivity contribution in [3.63, 3.8) is 0 Å². The van der Waals surface area contributed by atoms with E-state index in [0.29, 0.717) is 5.92 Å². The summed E-state index contributed by atoms with van der Waals surface area (Å²) in [7, 11) is 0. The SMILES string of the molecule is C=C(/C=N/NC(N)=O)C1CCC(C)CC1O. The molecule has 1 saturated carbocycles. The Hall–Kier alpha value is -1.36. The highest BCUT2D eigenvalue weighted by atomic mass is 16.3. The number of carbonyl (C=O) groups excluding carboxylic acids is 1. The molecule has 0 aliphatic heterocycles. The van der Waals surface area contributed by atoms with Crippen LogP contribution in [0.4, 0.5) is 4.79 Å². The molecule has 1 aliphatic rings. The smallest absolute Gasteiger partial charge is 0.332 e. The molecule has 0 aromatic rings. The van der Waals surface area contributed by atoms with Gasteiger partial charge in [-0.15, -0.1) is 0 Å². The van der Waals surface area contributed by atoms with Crippen LogP contribution in [-0.2, 0) is 0 Å². The van der Waals surface area contributed by atoms with Gasteiger partial charge in [-0.25, -0.2) is 10.2 Å². The minimum absolute atomic E-state index is 0.0367. The summed E-state index contributed by atoms with van der Waals surface area (Å²) < 4.78 is 0. The number of primary amides is 1. The Morgan fingerprint density at radius 3 is 2.88 bits per heavy atom. The lowest BCUT2D eigenvalue weighted by atomic mass is 9.78. The molecule has 4 N–H and O–H groups in total.